The summed E-state index contributed by atoms with van der Waals surface area (Å²) in [5.74, 6) is 1.99. The highest BCUT2D eigenvalue weighted by Crippen LogP contribution is 2.35. The van der Waals surface area contributed by atoms with Gasteiger partial charge in [0, 0.05) is 36.1 Å². The fourth-order valence-corrected chi connectivity index (χ4v) is 3.07. The van der Waals surface area contributed by atoms with Crippen molar-refractivity contribution in [3.05, 3.63) is 39.2 Å². The Hall–Kier alpha value is -2.13. The van der Waals surface area contributed by atoms with E-state index in [9.17, 15) is 10.1 Å². The first-order valence-corrected chi connectivity index (χ1v) is 7.54. The second-order valence-electron chi connectivity index (χ2n) is 4.84. The van der Waals surface area contributed by atoms with Crippen molar-refractivity contribution in [3.63, 3.8) is 0 Å². The van der Waals surface area contributed by atoms with Crippen molar-refractivity contribution in [1.29, 1.82) is 0 Å². The summed E-state index contributed by atoms with van der Waals surface area (Å²) in [4.78, 5) is 10.7. The highest BCUT2D eigenvalue weighted by molar-refractivity contribution is 7.98. The summed E-state index contributed by atoms with van der Waals surface area (Å²) in [6, 6.07) is 3.04. The minimum Gasteiger partial charge on any atom is -0.467 e. The molecule has 0 atom stereocenters. The SMILES string of the molecule is Cc1nnc(SCc2cc([N+](=O)[O-])cc3c2OCOC3)n1C. The van der Waals surface area contributed by atoms with E-state index in [2.05, 4.69) is 10.2 Å². The molecule has 3 rings (SSSR count). The Kier molecular flexibility index (Phi) is 3.99. The lowest BCUT2D eigenvalue weighted by Gasteiger charge is -2.20. The molecule has 0 spiro atoms. The fraction of sp³-hybridized carbons (Fsp3) is 0.385. The maximum absolute atomic E-state index is 11.1. The average Bonchev–Trinajstić information content (AvgIpc) is 2.84. The molecule has 1 aromatic carbocycles. The van der Waals surface area contributed by atoms with Crippen molar-refractivity contribution >= 4 is 17.4 Å². The van der Waals surface area contributed by atoms with Gasteiger partial charge in [-0.2, -0.15) is 0 Å². The molecule has 1 aliphatic heterocycles. The molecule has 0 radical (unpaired) electrons. The number of nitro benzene ring substituents is 1. The molecule has 116 valence electrons. The monoisotopic (exact) mass is 322 g/mol. The number of aromatic nitrogens is 3. The molecule has 0 saturated heterocycles. The second kappa shape index (κ2) is 5.93. The van der Waals surface area contributed by atoms with Crippen LogP contribution < -0.4 is 4.74 Å². The maximum Gasteiger partial charge on any atom is 0.270 e. The van der Waals surface area contributed by atoms with Crippen molar-refractivity contribution in [2.45, 2.75) is 24.4 Å². The molecule has 8 nitrogen and oxygen atoms in total. The number of ether oxygens (including phenoxy) is 2. The molecule has 1 aromatic heterocycles. The molecule has 1 aliphatic rings. The van der Waals surface area contributed by atoms with Crippen LogP contribution in [-0.2, 0) is 24.1 Å². The first-order chi connectivity index (χ1) is 10.6. The van der Waals surface area contributed by atoms with E-state index in [-0.39, 0.29) is 12.5 Å². The Morgan fingerprint density at radius 3 is 2.95 bits per heavy atom. The van der Waals surface area contributed by atoms with Gasteiger partial charge in [-0.25, -0.2) is 0 Å². The van der Waals surface area contributed by atoms with Gasteiger partial charge in [0.25, 0.3) is 5.69 Å². The number of aryl methyl sites for hydroxylation is 1. The van der Waals surface area contributed by atoms with Gasteiger partial charge in [-0.05, 0) is 6.92 Å². The first kappa shape index (κ1) is 14.8. The largest absolute Gasteiger partial charge is 0.467 e. The van der Waals surface area contributed by atoms with E-state index in [0.29, 0.717) is 23.7 Å². The standard InChI is InChI=1S/C13H14N4O4S/c1-8-14-15-13(16(8)2)22-6-10-4-11(17(18)19)3-9-5-20-7-21-12(9)10/h3-4H,5-7H2,1-2H3. The maximum atomic E-state index is 11.1. The number of rotatable bonds is 4. The Morgan fingerprint density at radius 2 is 2.27 bits per heavy atom. The van der Waals surface area contributed by atoms with Crippen LogP contribution in [0.25, 0.3) is 0 Å². The summed E-state index contributed by atoms with van der Waals surface area (Å²) < 4.78 is 12.6. The first-order valence-electron chi connectivity index (χ1n) is 6.56. The van der Waals surface area contributed by atoms with Crippen molar-refractivity contribution in [2.24, 2.45) is 7.05 Å². The zero-order chi connectivity index (χ0) is 15.7. The van der Waals surface area contributed by atoms with Crippen LogP contribution in [0.4, 0.5) is 5.69 Å². The molecule has 2 heterocycles. The molecular weight excluding hydrogens is 308 g/mol. The van der Waals surface area contributed by atoms with Crippen LogP contribution in [0, 0.1) is 17.0 Å². The molecule has 0 aliphatic carbocycles. The molecular formula is C13H14N4O4S. The van der Waals surface area contributed by atoms with Crippen LogP contribution in [0.2, 0.25) is 0 Å². The predicted octanol–water partition coefficient (Wildman–Crippen LogP) is 2.19. The van der Waals surface area contributed by atoms with Crippen LogP contribution in [0.5, 0.6) is 5.75 Å². The van der Waals surface area contributed by atoms with E-state index >= 15 is 0 Å². The fourth-order valence-electron chi connectivity index (χ4n) is 2.15. The lowest BCUT2D eigenvalue weighted by Crippen LogP contribution is -2.13. The van der Waals surface area contributed by atoms with Crippen molar-refractivity contribution in [1.82, 2.24) is 14.8 Å². The van der Waals surface area contributed by atoms with Crippen LogP contribution in [-0.4, -0.2) is 26.5 Å². The number of thioether (sulfide) groups is 1. The summed E-state index contributed by atoms with van der Waals surface area (Å²) in [6.45, 7) is 2.34. The van der Waals surface area contributed by atoms with Gasteiger partial charge in [0.2, 0.25) is 0 Å². The smallest absolute Gasteiger partial charge is 0.270 e. The van der Waals surface area contributed by atoms with E-state index in [1.807, 2.05) is 18.5 Å². The molecule has 0 saturated carbocycles. The van der Waals surface area contributed by atoms with E-state index in [1.165, 1.54) is 17.8 Å². The Balaban J connectivity index is 1.90. The summed E-state index contributed by atoms with van der Waals surface area (Å²) in [5.41, 5.74) is 1.50. The number of fused-ring (bicyclic) bond motifs is 1. The Morgan fingerprint density at radius 1 is 1.45 bits per heavy atom. The Bertz CT molecular complexity index is 731. The molecule has 0 amide bonds. The zero-order valence-corrected chi connectivity index (χ0v) is 12.9. The van der Waals surface area contributed by atoms with Gasteiger partial charge in [0.05, 0.1) is 11.5 Å². The summed E-state index contributed by atoms with van der Waals surface area (Å²) >= 11 is 1.46. The van der Waals surface area contributed by atoms with Gasteiger partial charge in [0.15, 0.2) is 11.9 Å². The number of nitro groups is 1. The van der Waals surface area contributed by atoms with E-state index in [1.54, 1.807) is 6.07 Å². The predicted molar refractivity (Wildman–Crippen MR) is 78.7 cm³/mol. The van der Waals surface area contributed by atoms with E-state index in [4.69, 9.17) is 9.47 Å². The van der Waals surface area contributed by atoms with Crippen LogP contribution in [0.1, 0.15) is 17.0 Å². The number of benzene rings is 1. The molecule has 2 aromatic rings. The number of hydrogen-bond donors (Lipinski definition) is 0. The summed E-state index contributed by atoms with van der Waals surface area (Å²) in [6.07, 6.45) is 0. The molecule has 0 bridgehead atoms. The van der Waals surface area contributed by atoms with Gasteiger partial charge < -0.3 is 14.0 Å². The molecule has 9 heteroatoms. The zero-order valence-electron chi connectivity index (χ0n) is 12.1. The third kappa shape index (κ3) is 2.77. The quantitative estimate of drug-likeness (QED) is 0.484. The normalized spacial score (nSPS) is 13.5. The second-order valence-corrected chi connectivity index (χ2v) is 5.78. The summed E-state index contributed by atoms with van der Waals surface area (Å²) in [5, 5.41) is 19.9. The molecule has 0 unspecified atom stereocenters. The summed E-state index contributed by atoms with van der Waals surface area (Å²) in [7, 11) is 1.88. The third-order valence-electron chi connectivity index (χ3n) is 3.39. The van der Waals surface area contributed by atoms with E-state index < -0.39 is 4.92 Å². The highest BCUT2D eigenvalue weighted by atomic mass is 32.2. The highest BCUT2D eigenvalue weighted by Gasteiger charge is 2.21. The lowest BCUT2D eigenvalue weighted by molar-refractivity contribution is -0.385. The van der Waals surface area contributed by atoms with Gasteiger partial charge in [-0.1, -0.05) is 11.8 Å². The van der Waals surface area contributed by atoms with Gasteiger partial charge in [0.1, 0.15) is 11.6 Å². The van der Waals surface area contributed by atoms with Crippen molar-refractivity contribution < 1.29 is 14.4 Å². The van der Waals surface area contributed by atoms with Crippen LogP contribution in [0.15, 0.2) is 17.3 Å². The molecule has 0 N–H and O–H groups in total. The van der Waals surface area contributed by atoms with Gasteiger partial charge in [-0.3, -0.25) is 10.1 Å². The number of nitrogens with zero attached hydrogens (tertiary/aromatic N) is 4. The number of non-ortho nitro benzene ring substituents is 1. The van der Waals surface area contributed by atoms with Crippen LogP contribution in [0.3, 0.4) is 0 Å². The third-order valence-corrected chi connectivity index (χ3v) is 4.46. The van der Waals surface area contributed by atoms with Crippen LogP contribution >= 0.6 is 11.8 Å². The minimum absolute atomic E-state index is 0.0394. The number of hydrogen-bond acceptors (Lipinski definition) is 7. The average molecular weight is 322 g/mol. The van der Waals surface area contributed by atoms with Gasteiger partial charge >= 0.3 is 0 Å². The molecule has 0 fully saturated rings. The van der Waals surface area contributed by atoms with E-state index in [0.717, 1.165) is 16.5 Å². The molecule has 22 heavy (non-hydrogen) atoms. The van der Waals surface area contributed by atoms with Gasteiger partial charge in [-0.15, -0.1) is 10.2 Å². The van der Waals surface area contributed by atoms with Crippen molar-refractivity contribution in [3.8, 4) is 5.75 Å². The van der Waals surface area contributed by atoms with Crippen molar-refractivity contribution in [2.75, 3.05) is 6.79 Å². The lowest BCUT2D eigenvalue weighted by atomic mass is 10.1. The topological polar surface area (TPSA) is 92.3 Å². The minimum atomic E-state index is -0.407. The Labute approximate surface area is 130 Å².